The number of halogens is 2. The lowest BCUT2D eigenvalue weighted by Gasteiger charge is -2.24. The fourth-order valence-electron chi connectivity index (χ4n) is 11.1. The number of ether oxygens (including phenoxy) is 5. The second-order valence-corrected chi connectivity index (χ2v) is 26.9. The quantitative estimate of drug-likeness (QED) is 0.0271. The number of amides is 4. The Kier molecular flexibility index (Phi) is 22.4. The summed E-state index contributed by atoms with van der Waals surface area (Å²) in [6, 6.07) is 52.7. The van der Waals surface area contributed by atoms with Crippen LogP contribution in [0.4, 0.5) is 8.78 Å². The molecule has 4 heterocycles. The summed E-state index contributed by atoms with van der Waals surface area (Å²) >= 11 is 0. The van der Waals surface area contributed by atoms with Crippen molar-refractivity contribution in [1.82, 2.24) is 19.8 Å². The number of pyridine rings is 2. The number of esters is 2. The van der Waals surface area contributed by atoms with E-state index in [1.54, 1.807) is 98.8 Å². The van der Waals surface area contributed by atoms with Crippen LogP contribution in [0.2, 0.25) is 0 Å². The summed E-state index contributed by atoms with van der Waals surface area (Å²) in [4.78, 5) is 91.7. The van der Waals surface area contributed by atoms with Crippen molar-refractivity contribution in [3.05, 3.63) is 263 Å². The summed E-state index contributed by atoms with van der Waals surface area (Å²) in [6.45, 7) is 5.20. The van der Waals surface area contributed by atoms with Gasteiger partial charge in [-0.15, -0.1) is 0 Å². The standard InChI is InChI=1S/C44H38FN2O9P.C31H28FN2O9P/c1-3-52-44(50)29(2)55-57(51,56-34-18-11-6-12-19-34)27-26-53-40-35-20-13-25-46-38(35)41(54-39(31-14-7-4-8-15-31)32-16-9-5-10-17-32)37-36(40)42(48)47(43(37)49)28-30-21-23-33(45)24-22-30;1-3-40-31(38)19(2)42-44(39,43-22-8-5-4-6-9-22)17-16-41-28-23-10-7-15-33-26(23)27(35)24-25(28)30(37)34(29(24)36)18-20-11-13-21(32)14-12-20/h4-25,29,39H,3,26-28H2,1-2H3;4-15,19,35H,3,16-18H2,1-2H3/t29-,57?;19-,44?/m11/s1. The molecule has 4 atom stereocenters. The molecule has 2 aromatic heterocycles. The molecule has 10 aromatic rings. The van der Waals surface area contributed by atoms with Crippen molar-refractivity contribution in [3.8, 4) is 34.5 Å². The molecule has 2 aliphatic rings. The first kappa shape index (κ1) is 71.1. The molecule has 0 spiro atoms. The minimum absolute atomic E-state index is 0.00100. The van der Waals surface area contributed by atoms with Gasteiger partial charge in [-0.2, -0.15) is 0 Å². The molecule has 22 nitrogen and oxygen atoms in total. The van der Waals surface area contributed by atoms with E-state index in [-0.39, 0.29) is 119 Å². The predicted molar refractivity (Wildman–Crippen MR) is 366 cm³/mol. The zero-order chi connectivity index (χ0) is 71.4. The number of carbonyl (C=O) groups is 6. The average molecular weight is 1410 g/mol. The first-order valence-corrected chi connectivity index (χ1v) is 35.4. The highest BCUT2D eigenvalue weighted by Gasteiger charge is 2.46. The lowest BCUT2D eigenvalue weighted by molar-refractivity contribution is -0.151. The number of aromatic nitrogens is 2. The van der Waals surface area contributed by atoms with Crippen molar-refractivity contribution in [1.29, 1.82) is 0 Å². The molecule has 8 aromatic carbocycles. The van der Waals surface area contributed by atoms with Crippen molar-refractivity contribution in [2.45, 2.75) is 59.1 Å². The molecule has 12 rings (SSSR count). The molecule has 1 N–H and O–H groups in total. The molecule has 0 saturated heterocycles. The number of nitrogens with zero attached hydrogens (tertiary/aromatic N) is 4. The zero-order valence-electron chi connectivity index (χ0n) is 54.8. The average Bonchev–Trinajstić information content (AvgIpc) is 1.61. The first-order valence-electron chi connectivity index (χ1n) is 32.0. The summed E-state index contributed by atoms with van der Waals surface area (Å²) in [5, 5.41) is 11.6. The topological polar surface area (TPSA) is 272 Å². The summed E-state index contributed by atoms with van der Waals surface area (Å²) in [5.74, 6) is -5.32. The highest BCUT2D eigenvalue weighted by atomic mass is 31.2. The third-order valence-corrected chi connectivity index (χ3v) is 19.5. The van der Waals surface area contributed by atoms with Gasteiger partial charge in [0.1, 0.15) is 76.1 Å². The number of benzene rings is 8. The number of hydrogen-bond acceptors (Lipinski definition) is 20. The number of imide groups is 2. The van der Waals surface area contributed by atoms with Gasteiger partial charge < -0.3 is 37.8 Å². The van der Waals surface area contributed by atoms with E-state index < -0.39 is 86.5 Å². The van der Waals surface area contributed by atoms with E-state index in [9.17, 15) is 51.8 Å². The molecular formula is C75H66F2N4O18P2. The highest BCUT2D eigenvalue weighted by molar-refractivity contribution is 7.54. The normalized spacial score (nSPS) is 14.2. The van der Waals surface area contributed by atoms with E-state index in [0.29, 0.717) is 16.5 Å². The molecule has 518 valence electrons. The smallest absolute Gasteiger partial charge is 0.383 e. The maximum absolute atomic E-state index is 14.6. The monoisotopic (exact) mass is 1410 g/mol. The molecule has 4 amide bonds. The Morgan fingerprint density at radius 1 is 0.475 bits per heavy atom. The van der Waals surface area contributed by atoms with E-state index in [2.05, 4.69) is 9.97 Å². The molecule has 0 fully saturated rings. The fraction of sp³-hybridized carbons (Fsp3) is 0.200. The molecule has 2 unspecified atom stereocenters. The van der Waals surface area contributed by atoms with Crippen LogP contribution in [0.25, 0.3) is 21.8 Å². The van der Waals surface area contributed by atoms with E-state index in [4.69, 9.17) is 41.8 Å². The fourth-order valence-corrected chi connectivity index (χ4v) is 14.3. The Morgan fingerprint density at radius 3 is 1.26 bits per heavy atom. The van der Waals surface area contributed by atoms with Gasteiger partial charge in [-0.3, -0.25) is 48.0 Å². The minimum Gasteiger partial charge on any atom is -0.505 e. The number of phenols is 1. The number of carbonyl (C=O) groups excluding carboxylic acids is 6. The van der Waals surface area contributed by atoms with Crippen LogP contribution in [0.3, 0.4) is 0 Å². The summed E-state index contributed by atoms with van der Waals surface area (Å²) in [6.07, 6.45) is -0.992. The SMILES string of the molecule is CCOC(=O)[C@@H](C)OP(=O)(CCOc1c2c(c(O)c3ncccc13)C(=O)N(Cc1ccc(F)cc1)C2=O)Oc1ccccc1.CCOC(=O)[C@@H](C)OP(=O)(CCOc1c2c(c(OC(c3ccccc3)c3ccccc3)c3ncccc13)C(=O)N(Cc1ccc(F)cc1)C2=O)Oc1ccccc1. The molecule has 26 heteroatoms. The number of aromatic hydroxyl groups is 1. The van der Waals surface area contributed by atoms with Crippen LogP contribution in [-0.2, 0) is 50.3 Å². The lowest BCUT2D eigenvalue weighted by Crippen LogP contribution is -2.29. The molecular weight excluding hydrogens is 1340 g/mol. The van der Waals surface area contributed by atoms with Crippen molar-refractivity contribution in [2.75, 3.05) is 38.8 Å². The maximum Gasteiger partial charge on any atom is 0.383 e. The first-order chi connectivity index (χ1) is 48.8. The van der Waals surface area contributed by atoms with Crippen molar-refractivity contribution < 1.29 is 93.6 Å². The van der Waals surface area contributed by atoms with Gasteiger partial charge in [0.25, 0.3) is 23.6 Å². The number of fused-ring (bicyclic) bond motifs is 4. The molecule has 2 aliphatic heterocycles. The Hall–Kier alpha value is -11.2. The number of para-hydroxylation sites is 2. The van der Waals surface area contributed by atoms with Gasteiger partial charge in [-0.05, 0) is 123 Å². The molecule has 0 bridgehead atoms. The van der Waals surface area contributed by atoms with Gasteiger partial charge in [0.05, 0.1) is 49.8 Å². The summed E-state index contributed by atoms with van der Waals surface area (Å²) in [5.41, 5.74) is 2.16. The molecule has 0 saturated carbocycles. The Balaban J connectivity index is 0.000000210. The molecule has 0 aliphatic carbocycles. The Bertz CT molecular complexity index is 4760. The Labute approximate surface area is 578 Å². The third kappa shape index (κ3) is 16.3. The minimum atomic E-state index is -4.14. The number of rotatable bonds is 28. The van der Waals surface area contributed by atoms with Crippen LogP contribution in [0.15, 0.2) is 207 Å². The summed E-state index contributed by atoms with van der Waals surface area (Å²) < 4.78 is 108. The molecule has 101 heavy (non-hydrogen) atoms. The van der Waals surface area contributed by atoms with E-state index >= 15 is 0 Å². The van der Waals surface area contributed by atoms with Gasteiger partial charge >= 0.3 is 27.1 Å². The van der Waals surface area contributed by atoms with Crippen LogP contribution in [-0.4, -0.2) is 111 Å². The van der Waals surface area contributed by atoms with Crippen LogP contribution in [0.1, 0.15) is 97.5 Å². The third-order valence-electron chi connectivity index (χ3n) is 15.8. The largest absolute Gasteiger partial charge is 0.505 e. The van der Waals surface area contributed by atoms with Gasteiger partial charge in [-0.1, -0.05) is 121 Å². The second kappa shape index (κ2) is 31.8. The second-order valence-electron chi connectivity index (χ2n) is 22.8. The Morgan fingerprint density at radius 2 is 0.842 bits per heavy atom. The van der Waals surface area contributed by atoms with Gasteiger partial charge in [0.15, 0.2) is 23.7 Å². The van der Waals surface area contributed by atoms with Crippen molar-refractivity contribution in [3.63, 3.8) is 0 Å². The van der Waals surface area contributed by atoms with Crippen molar-refractivity contribution in [2.24, 2.45) is 0 Å². The van der Waals surface area contributed by atoms with E-state index in [1.165, 1.54) is 74.8 Å². The number of phenolic OH excluding ortho intramolecular Hbond substituents is 1. The van der Waals surface area contributed by atoms with Crippen LogP contribution < -0.4 is 23.3 Å². The van der Waals surface area contributed by atoms with Crippen molar-refractivity contribution >= 4 is 72.6 Å². The van der Waals surface area contributed by atoms with Crippen LogP contribution in [0, 0.1) is 11.6 Å². The maximum atomic E-state index is 14.6. The predicted octanol–water partition coefficient (Wildman–Crippen LogP) is 14.5. The highest BCUT2D eigenvalue weighted by Crippen LogP contribution is 2.53. The van der Waals surface area contributed by atoms with E-state index in [0.717, 1.165) is 20.9 Å². The van der Waals surface area contributed by atoms with Crippen LogP contribution >= 0.6 is 15.2 Å². The van der Waals surface area contributed by atoms with Gasteiger partial charge in [0, 0.05) is 23.2 Å². The number of hydrogen-bond donors (Lipinski definition) is 1. The van der Waals surface area contributed by atoms with Gasteiger partial charge in [0.2, 0.25) is 0 Å². The molecule has 0 radical (unpaired) electrons. The lowest BCUT2D eigenvalue weighted by atomic mass is 9.99. The van der Waals surface area contributed by atoms with E-state index in [1.807, 2.05) is 60.7 Å². The van der Waals surface area contributed by atoms with Crippen LogP contribution in [0.5, 0.6) is 34.5 Å². The summed E-state index contributed by atoms with van der Waals surface area (Å²) in [7, 11) is -8.21. The van der Waals surface area contributed by atoms with Gasteiger partial charge in [-0.25, -0.2) is 27.5 Å². The zero-order valence-corrected chi connectivity index (χ0v) is 56.6.